The summed E-state index contributed by atoms with van der Waals surface area (Å²) in [4.78, 5) is 26.2. The minimum absolute atomic E-state index is 0. The van der Waals surface area contributed by atoms with Crippen LogP contribution in [-0.2, 0) is 25.8 Å². The molecular formula is C18H21ClN4OS2. The molecule has 0 saturated heterocycles. The van der Waals surface area contributed by atoms with E-state index in [1.807, 2.05) is 0 Å². The molecule has 5 rings (SSSR count). The smallest absolute Gasteiger partial charge is 0.263 e. The van der Waals surface area contributed by atoms with Crippen LogP contribution in [0.4, 0.5) is 0 Å². The molecule has 0 radical (unpaired) electrons. The molecule has 1 aliphatic carbocycles. The van der Waals surface area contributed by atoms with Gasteiger partial charge in [0.2, 0.25) is 0 Å². The number of nitrogens with one attached hydrogen (secondary N) is 1. The number of aryl methyl sites for hydroxylation is 2. The quantitative estimate of drug-likeness (QED) is 0.705. The number of thiophene rings is 1. The molecule has 26 heavy (non-hydrogen) atoms. The largest absolute Gasteiger partial charge is 0.312 e. The van der Waals surface area contributed by atoms with Crippen molar-refractivity contribution in [2.24, 2.45) is 0 Å². The highest BCUT2D eigenvalue weighted by Gasteiger charge is 2.24. The molecule has 0 saturated carbocycles. The van der Waals surface area contributed by atoms with Crippen LogP contribution in [0.1, 0.15) is 51.8 Å². The summed E-state index contributed by atoms with van der Waals surface area (Å²) in [5.41, 5.74) is 2.54. The van der Waals surface area contributed by atoms with Crippen LogP contribution in [0.3, 0.4) is 0 Å². The zero-order chi connectivity index (χ0) is 17.0. The lowest BCUT2D eigenvalue weighted by atomic mass is 10.0. The minimum Gasteiger partial charge on any atom is -0.312 e. The molecule has 1 atom stereocenters. The van der Waals surface area contributed by atoms with Gasteiger partial charge in [0.25, 0.3) is 5.56 Å². The molecular weight excluding hydrogens is 388 g/mol. The molecule has 0 amide bonds. The second-order valence-corrected chi connectivity index (χ2v) is 9.07. The van der Waals surface area contributed by atoms with Crippen molar-refractivity contribution < 1.29 is 0 Å². The number of fused-ring (bicyclic) bond motifs is 4. The minimum atomic E-state index is -0.0581. The van der Waals surface area contributed by atoms with Crippen LogP contribution in [0.5, 0.6) is 0 Å². The van der Waals surface area contributed by atoms with E-state index < -0.39 is 0 Å². The highest BCUT2D eigenvalue weighted by atomic mass is 35.5. The maximum atomic E-state index is 13.2. The van der Waals surface area contributed by atoms with Crippen LogP contribution < -0.4 is 10.9 Å². The second kappa shape index (κ2) is 7.03. The van der Waals surface area contributed by atoms with Gasteiger partial charge >= 0.3 is 0 Å². The molecule has 4 heterocycles. The molecule has 1 N–H and O–H groups in total. The summed E-state index contributed by atoms with van der Waals surface area (Å²) in [7, 11) is 0. The first-order valence-corrected chi connectivity index (χ1v) is 10.6. The predicted octanol–water partition coefficient (Wildman–Crippen LogP) is 3.47. The van der Waals surface area contributed by atoms with Gasteiger partial charge in [-0.25, -0.2) is 9.97 Å². The van der Waals surface area contributed by atoms with Crippen molar-refractivity contribution in [1.82, 2.24) is 19.9 Å². The molecule has 2 aliphatic rings. The third kappa shape index (κ3) is 2.81. The average Bonchev–Trinajstić information content (AvgIpc) is 3.23. The summed E-state index contributed by atoms with van der Waals surface area (Å²) in [6, 6.07) is -0.0581. The summed E-state index contributed by atoms with van der Waals surface area (Å²) >= 11 is 3.43. The van der Waals surface area contributed by atoms with E-state index in [1.54, 1.807) is 33.6 Å². The number of rotatable bonds is 2. The first-order valence-electron chi connectivity index (χ1n) is 8.93. The molecule has 138 valence electrons. The Bertz CT molecular complexity index is 999. The Morgan fingerprint density at radius 3 is 2.88 bits per heavy atom. The van der Waals surface area contributed by atoms with E-state index in [0.717, 1.165) is 47.6 Å². The Kier molecular flexibility index (Phi) is 4.90. The third-order valence-corrected chi connectivity index (χ3v) is 7.76. The van der Waals surface area contributed by atoms with Crippen molar-refractivity contribution in [2.45, 2.75) is 51.6 Å². The molecule has 0 aromatic carbocycles. The monoisotopic (exact) mass is 408 g/mol. The summed E-state index contributed by atoms with van der Waals surface area (Å²) in [6.45, 7) is 3.85. The van der Waals surface area contributed by atoms with Gasteiger partial charge in [-0.05, 0) is 51.1 Å². The maximum absolute atomic E-state index is 13.2. The lowest BCUT2D eigenvalue weighted by Crippen LogP contribution is -2.26. The topological polar surface area (TPSA) is 59.8 Å². The fourth-order valence-electron chi connectivity index (χ4n) is 3.87. The van der Waals surface area contributed by atoms with Crippen LogP contribution in [0, 0.1) is 0 Å². The summed E-state index contributed by atoms with van der Waals surface area (Å²) in [5.74, 6) is 0. The zero-order valence-corrected chi connectivity index (χ0v) is 17.0. The Hall–Kier alpha value is -1.28. The first-order chi connectivity index (χ1) is 12.2. The second-order valence-electron chi connectivity index (χ2n) is 6.87. The van der Waals surface area contributed by atoms with Crippen LogP contribution in [0.15, 0.2) is 11.1 Å². The number of aromatic nitrogens is 3. The highest BCUT2D eigenvalue weighted by Crippen LogP contribution is 2.32. The molecule has 8 heteroatoms. The molecule has 3 aromatic rings. The van der Waals surface area contributed by atoms with Gasteiger partial charge in [0, 0.05) is 16.3 Å². The summed E-state index contributed by atoms with van der Waals surface area (Å²) in [5, 5.41) is 5.25. The third-order valence-electron chi connectivity index (χ3n) is 5.29. The van der Waals surface area contributed by atoms with Crippen molar-refractivity contribution in [3.63, 3.8) is 0 Å². The highest BCUT2D eigenvalue weighted by molar-refractivity contribution is 7.18. The molecule has 1 unspecified atom stereocenters. The van der Waals surface area contributed by atoms with Gasteiger partial charge in [0.05, 0.1) is 23.4 Å². The van der Waals surface area contributed by atoms with E-state index in [-0.39, 0.29) is 24.0 Å². The fraction of sp³-hybridized carbons (Fsp3) is 0.500. The van der Waals surface area contributed by atoms with Crippen molar-refractivity contribution >= 4 is 45.3 Å². The Morgan fingerprint density at radius 2 is 2.04 bits per heavy atom. The van der Waals surface area contributed by atoms with E-state index in [2.05, 4.69) is 17.2 Å². The van der Waals surface area contributed by atoms with E-state index in [1.165, 1.54) is 33.9 Å². The Labute approximate surface area is 165 Å². The number of halogens is 1. The summed E-state index contributed by atoms with van der Waals surface area (Å²) < 4.78 is 1.78. The molecule has 0 fully saturated rings. The van der Waals surface area contributed by atoms with Gasteiger partial charge in [0.15, 0.2) is 0 Å². The number of hydrogen-bond donors (Lipinski definition) is 1. The van der Waals surface area contributed by atoms with E-state index in [4.69, 9.17) is 4.98 Å². The average molecular weight is 409 g/mol. The van der Waals surface area contributed by atoms with E-state index >= 15 is 0 Å². The van der Waals surface area contributed by atoms with Gasteiger partial charge in [-0.2, -0.15) is 0 Å². The van der Waals surface area contributed by atoms with Gasteiger partial charge in [0.1, 0.15) is 9.84 Å². The van der Waals surface area contributed by atoms with Crippen molar-refractivity contribution in [3.05, 3.63) is 42.7 Å². The van der Waals surface area contributed by atoms with Gasteiger partial charge in [-0.15, -0.1) is 35.1 Å². The SMILES string of the molecule is CC(c1nc2c(s1)CCCC2)n1cnc2sc3c(c2c1=O)CCNC3.Cl. The lowest BCUT2D eigenvalue weighted by Gasteiger charge is -2.14. The molecule has 5 nitrogen and oxygen atoms in total. The van der Waals surface area contributed by atoms with Crippen LogP contribution in [0.25, 0.3) is 10.2 Å². The Morgan fingerprint density at radius 1 is 1.19 bits per heavy atom. The summed E-state index contributed by atoms with van der Waals surface area (Å²) in [6.07, 6.45) is 7.33. The standard InChI is InChI=1S/C18H20N4OS2.ClH/c1-10(16-21-12-4-2-3-5-13(12)24-16)22-9-20-17-15(18(22)23)11-6-7-19-8-14(11)25-17;/h9-10,19H,2-8H2,1H3;1H. The molecule has 0 spiro atoms. The number of hydrogen-bond acceptors (Lipinski definition) is 6. The maximum Gasteiger partial charge on any atom is 0.263 e. The van der Waals surface area contributed by atoms with Crippen LogP contribution >= 0.6 is 35.1 Å². The van der Waals surface area contributed by atoms with Crippen LogP contribution in [0.2, 0.25) is 0 Å². The molecule has 0 bridgehead atoms. The van der Waals surface area contributed by atoms with Gasteiger partial charge < -0.3 is 5.32 Å². The van der Waals surface area contributed by atoms with Crippen LogP contribution in [-0.4, -0.2) is 21.1 Å². The lowest BCUT2D eigenvalue weighted by molar-refractivity contribution is 0.599. The Balaban J connectivity index is 0.00000168. The molecule has 1 aliphatic heterocycles. The van der Waals surface area contributed by atoms with Crippen molar-refractivity contribution in [3.8, 4) is 0 Å². The fourth-order valence-corrected chi connectivity index (χ4v) is 6.23. The number of thiazole rings is 1. The normalized spacial score (nSPS) is 17.4. The zero-order valence-electron chi connectivity index (χ0n) is 14.6. The van der Waals surface area contributed by atoms with Crippen molar-refractivity contribution in [1.29, 1.82) is 0 Å². The molecule has 3 aromatic heterocycles. The van der Waals surface area contributed by atoms with E-state index in [0.29, 0.717) is 0 Å². The van der Waals surface area contributed by atoms with Gasteiger partial charge in [-0.3, -0.25) is 9.36 Å². The van der Waals surface area contributed by atoms with E-state index in [9.17, 15) is 4.79 Å². The number of nitrogens with zero attached hydrogens (tertiary/aromatic N) is 3. The predicted molar refractivity (Wildman–Crippen MR) is 109 cm³/mol. The first kappa shape index (κ1) is 18.1. The van der Waals surface area contributed by atoms with Crippen molar-refractivity contribution in [2.75, 3.05) is 6.54 Å². The van der Waals surface area contributed by atoms with Gasteiger partial charge in [-0.1, -0.05) is 0 Å².